The number of carboxylic acids is 1. The highest BCUT2D eigenvalue weighted by atomic mass is 16.8. The fraction of sp³-hybridized carbons (Fsp3) is 0.873. The van der Waals surface area contributed by atoms with Crippen molar-refractivity contribution in [1.29, 1.82) is 0 Å². The maximum absolute atomic E-state index is 13.3. The molecule has 3 aliphatic heterocycles. The minimum Gasteiger partial charge on any atom is -0.479 e. The molecule has 4 saturated carbocycles. The van der Waals surface area contributed by atoms with E-state index in [2.05, 4.69) is 40.7 Å². The molecule has 7 fully saturated rings. The minimum atomic E-state index is -2.11. The lowest BCUT2D eigenvalue weighted by molar-refractivity contribution is -0.395. The first kappa shape index (κ1) is 60.3. The molecule has 77 heavy (non-hydrogen) atoms. The standard InChI is InChI=1S/C55H86O22/c1-12-23(2)46(69)77-44-43(66)55(22-70-25(4)57)27(19-50(44,5)6)26-13-14-30-52(9)17-16-32(51(7,8)29(52)15-18-53(30,10)54(26,11)20-31(55)58)73-49-42(76-48-38(64)36(62)34(60)28(21-56)72-48)40(39(65)41(75-49)45(67)68)74-47-37(63)35(61)33(59)24(3)71-47/h12-13,24,27-44,47-49,56,58-66H,14-22H2,1-11H3,(H,67,68)/b23-12+/t24-,27?,28-,29?,30?,31-,32+,33-,34+,35+,36+,37+,38-,39+,40+,41+,42-,43+,44+,47-,48+,49?,52+,53-,54-,55+/m1/s1. The third-order valence-corrected chi connectivity index (χ3v) is 20.9. The summed E-state index contributed by atoms with van der Waals surface area (Å²) in [6, 6.07) is 0. The number of aliphatic carboxylic acids is 1. The van der Waals surface area contributed by atoms with Gasteiger partial charge in [-0.3, -0.25) is 4.79 Å². The zero-order valence-electron chi connectivity index (χ0n) is 46.1. The minimum absolute atomic E-state index is 0.0330. The fourth-order valence-electron chi connectivity index (χ4n) is 16.1. The highest BCUT2D eigenvalue weighted by molar-refractivity contribution is 5.87. The van der Waals surface area contributed by atoms with Crippen LogP contribution in [0.4, 0.5) is 0 Å². The van der Waals surface area contributed by atoms with E-state index in [9.17, 15) is 70.6 Å². The molecule has 0 aromatic heterocycles. The molecule has 5 aliphatic carbocycles. The van der Waals surface area contributed by atoms with Crippen molar-refractivity contribution in [2.24, 2.45) is 50.2 Å². The van der Waals surface area contributed by atoms with Crippen molar-refractivity contribution in [2.45, 2.75) is 238 Å². The van der Waals surface area contributed by atoms with Crippen LogP contribution in [0.15, 0.2) is 23.3 Å². The van der Waals surface area contributed by atoms with Crippen molar-refractivity contribution in [2.75, 3.05) is 13.2 Å². The zero-order chi connectivity index (χ0) is 57.0. The highest BCUT2D eigenvalue weighted by Crippen LogP contribution is 2.76. The van der Waals surface area contributed by atoms with Gasteiger partial charge >= 0.3 is 17.9 Å². The number of fused-ring (bicyclic) bond motifs is 7. The van der Waals surface area contributed by atoms with Crippen LogP contribution >= 0.6 is 0 Å². The summed E-state index contributed by atoms with van der Waals surface area (Å²) < 4.78 is 48.6. The summed E-state index contributed by atoms with van der Waals surface area (Å²) in [5, 5.41) is 122. The summed E-state index contributed by atoms with van der Waals surface area (Å²) in [5.74, 6) is -3.28. The van der Waals surface area contributed by atoms with Crippen molar-refractivity contribution in [3.05, 3.63) is 23.3 Å². The first-order chi connectivity index (χ1) is 35.8. The van der Waals surface area contributed by atoms with Crippen molar-refractivity contribution in [1.82, 2.24) is 0 Å². The number of ether oxygens (including phenoxy) is 8. The predicted octanol–water partition coefficient (Wildman–Crippen LogP) is 0.734. The average molecular weight is 1100 g/mol. The molecule has 8 rings (SSSR count). The number of aliphatic hydroxyl groups is 10. The Hall–Kier alpha value is -2.75. The summed E-state index contributed by atoms with van der Waals surface area (Å²) >= 11 is 0. The number of allylic oxidation sites excluding steroid dienone is 3. The molecule has 26 atom stereocenters. The van der Waals surface area contributed by atoms with E-state index in [0.717, 1.165) is 5.57 Å². The molecule has 438 valence electrons. The predicted molar refractivity (Wildman–Crippen MR) is 266 cm³/mol. The molecule has 0 amide bonds. The van der Waals surface area contributed by atoms with Crippen LogP contribution in [0.3, 0.4) is 0 Å². The Morgan fingerprint density at radius 3 is 1.96 bits per heavy atom. The Balaban J connectivity index is 1.12. The molecule has 22 nitrogen and oxygen atoms in total. The Morgan fingerprint density at radius 1 is 0.727 bits per heavy atom. The molecule has 3 heterocycles. The van der Waals surface area contributed by atoms with Gasteiger partial charge in [-0.1, -0.05) is 66.2 Å². The molecule has 0 aromatic carbocycles. The topological polar surface area (TPSA) is 348 Å². The molecular weight excluding hydrogens is 1010 g/mol. The van der Waals surface area contributed by atoms with Gasteiger partial charge in [-0.2, -0.15) is 0 Å². The van der Waals surface area contributed by atoms with E-state index in [-0.39, 0.29) is 30.3 Å². The largest absolute Gasteiger partial charge is 0.479 e. The first-order valence-corrected chi connectivity index (χ1v) is 27.4. The van der Waals surface area contributed by atoms with Crippen LogP contribution in [0.25, 0.3) is 0 Å². The van der Waals surface area contributed by atoms with Crippen molar-refractivity contribution in [3.63, 3.8) is 0 Å². The molecule has 0 spiro atoms. The Labute approximate surface area is 449 Å². The van der Waals surface area contributed by atoms with Gasteiger partial charge in [0.25, 0.3) is 0 Å². The molecule has 3 saturated heterocycles. The van der Waals surface area contributed by atoms with Crippen LogP contribution in [-0.4, -0.2) is 204 Å². The van der Waals surface area contributed by atoms with E-state index in [1.807, 2.05) is 13.8 Å². The quantitative estimate of drug-likeness (QED) is 0.0555. The smallest absolute Gasteiger partial charge is 0.335 e. The normalized spacial score (nSPS) is 50.4. The molecule has 22 heteroatoms. The second-order valence-electron chi connectivity index (χ2n) is 25.7. The van der Waals surface area contributed by atoms with Crippen LogP contribution in [-0.2, 0) is 52.3 Å². The summed E-state index contributed by atoms with van der Waals surface area (Å²) in [4.78, 5) is 38.7. The maximum atomic E-state index is 13.3. The lowest BCUT2D eigenvalue weighted by atomic mass is 9.33. The number of carbonyl (C=O) groups is 3. The van der Waals surface area contributed by atoms with Gasteiger partial charge in [-0.05, 0) is 105 Å². The van der Waals surface area contributed by atoms with Gasteiger partial charge < -0.3 is 94.1 Å². The van der Waals surface area contributed by atoms with E-state index < -0.39 is 174 Å². The average Bonchev–Trinajstić information content (AvgIpc) is 3.55. The zero-order valence-corrected chi connectivity index (χ0v) is 46.1. The number of aliphatic hydroxyl groups excluding tert-OH is 10. The van der Waals surface area contributed by atoms with Gasteiger partial charge in [0.05, 0.1) is 30.3 Å². The summed E-state index contributed by atoms with van der Waals surface area (Å²) in [6.45, 7) is 19.7. The lowest BCUT2D eigenvalue weighted by Crippen LogP contribution is -2.72. The van der Waals surface area contributed by atoms with E-state index in [1.165, 1.54) is 13.8 Å². The van der Waals surface area contributed by atoms with Crippen LogP contribution in [0.5, 0.6) is 0 Å². The number of carboxylic acid groups (broad SMARTS) is 1. The number of esters is 2. The van der Waals surface area contributed by atoms with Crippen molar-refractivity contribution in [3.8, 4) is 0 Å². The van der Waals surface area contributed by atoms with Gasteiger partial charge in [-0.15, -0.1) is 0 Å². The van der Waals surface area contributed by atoms with E-state index >= 15 is 0 Å². The number of hydrogen-bond acceptors (Lipinski definition) is 21. The van der Waals surface area contributed by atoms with E-state index in [0.29, 0.717) is 44.1 Å². The Kier molecular flexibility index (Phi) is 16.9. The Bertz CT molecular complexity index is 2250. The first-order valence-electron chi connectivity index (χ1n) is 27.4. The van der Waals surface area contributed by atoms with Gasteiger partial charge in [0.1, 0.15) is 79.9 Å². The Morgan fingerprint density at radius 2 is 1.35 bits per heavy atom. The summed E-state index contributed by atoms with van der Waals surface area (Å²) in [6.07, 6.45) is -23.6. The van der Waals surface area contributed by atoms with Crippen LogP contribution in [0.1, 0.15) is 121 Å². The van der Waals surface area contributed by atoms with Crippen molar-refractivity contribution >= 4 is 17.9 Å². The molecule has 11 N–H and O–H groups in total. The molecule has 0 radical (unpaired) electrons. The number of carbonyl (C=O) groups excluding carboxylic acids is 2. The molecule has 0 bridgehead atoms. The van der Waals surface area contributed by atoms with E-state index in [4.69, 9.17) is 37.9 Å². The van der Waals surface area contributed by atoms with Crippen molar-refractivity contribution < 1.29 is 108 Å². The molecule has 8 aliphatic rings. The monoisotopic (exact) mass is 1100 g/mol. The number of rotatable bonds is 12. The maximum Gasteiger partial charge on any atom is 0.335 e. The molecule has 4 unspecified atom stereocenters. The van der Waals surface area contributed by atoms with Crippen LogP contribution in [0.2, 0.25) is 0 Å². The van der Waals surface area contributed by atoms with Gasteiger partial charge in [-0.25, -0.2) is 9.59 Å². The SMILES string of the molecule is C/C=C(\C)C(=O)O[C@H]1[C@H](O)[C@@]2(COC(C)=O)C(CC1(C)C)C1=CCC3[C@@]4(C)CC[C@H](OC5O[C@H](C(=O)O)[C@@H](O)[C@H](O[C@H]6O[C@H](C)[C@@H](O)[C@H](O)[C@@H]6O)[C@H]5O[C@@H]5O[C@H](CO)[C@H](O)[C@H](O)[C@H]5O)C(C)(C)C4CC[C@@]3(C)[C@]1(C)C[C@H]2O. The summed E-state index contributed by atoms with van der Waals surface area (Å²) in [5.41, 5.74) is -2.89. The highest BCUT2D eigenvalue weighted by Gasteiger charge is 2.73. The second kappa shape index (κ2) is 21.5. The molecule has 0 aromatic rings. The van der Waals surface area contributed by atoms with Crippen LogP contribution < -0.4 is 0 Å². The second-order valence-corrected chi connectivity index (χ2v) is 25.7. The number of hydrogen-bond donors (Lipinski definition) is 11. The molecular formula is C55H86O22. The summed E-state index contributed by atoms with van der Waals surface area (Å²) in [7, 11) is 0. The third kappa shape index (κ3) is 9.75. The third-order valence-electron chi connectivity index (χ3n) is 20.9. The lowest BCUT2D eigenvalue weighted by Gasteiger charge is -2.72. The van der Waals surface area contributed by atoms with Gasteiger partial charge in [0.2, 0.25) is 0 Å². The van der Waals surface area contributed by atoms with Gasteiger partial charge in [0.15, 0.2) is 25.0 Å². The van der Waals surface area contributed by atoms with E-state index in [1.54, 1.807) is 19.9 Å². The fourth-order valence-corrected chi connectivity index (χ4v) is 16.1. The van der Waals surface area contributed by atoms with Crippen LogP contribution in [0, 0.1) is 50.2 Å². The van der Waals surface area contributed by atoms with Gasteiger partial charge in [0, 0.05) is 17.9 Å².